The van der Waals surface area contributed by atoms with Crippen molar-refractivity contribution >= 4 is 28.2 Å². The molecule has 0 atom stereocenters. The van der Waals surface area contributed by atoms with Crippen molar-refractivity contribution in [1.82, 2.24) is 14.9 Å². The van der Waals surface area contributed by atoms with Crippen molar-refractivity contribution in [2.24, 2.45) is 0 Å². The van der Waals surface area contributed by atoms with Gasteiger partial charge in [0, 0.05) is 49.4 Å². The fourth-order valence-corrected chi connectivity index (χ4v) is 4.88. The van der Waals surface area contributed by atoms with Gasteiger partial charge >= 0.3 is 0 Å². The third kappa shape index (κ3) is 3.57. The first-order valence-electron chi connectivity index (χ1n) is 11.0. The number of aromatic nitrogens is 2. The molecule has 0 N–H and O–H groups in total. The van der Waals surface area contributed by atoms with Crippen LogP contribution in [0.1, 0.15) is 16.8 Å². The van der Waals surface area contributed by atoms with Gasteiger partial charge in [-0.15, -0.1) is 0 Å². The van der Waals surface area contributed by atoms with E-state index in [2.05, 4.69) is 69.7 Å². The minimum atomic E-state index is -0.901. The van der Waals surface area contributed by atoms with Gasteiger partial charge in [-0.25, -0.2) is 14.4 Å². The Bertz CT molecular complexity index is 1200. The fourth-order valence-electron chi connectivity index (χ4n) is 4.88. The third-order valence-corrected chi connectivity index (χ3v) is 6.51. The maximum Gasteiger partial charge on any atom is 0.282 e. The predicted molar refractivity (Wildman–Crippen MR) is 125 cm³/mol. The summed E-state index contributed by atoms with van der Waals surface area (Å²) in [4.78, 5) is 27.2. The van der Waals surface area contributed by atoms with Gasteiger partial charge in [0.05, 0.1) is 12.2 Å². The van der Waals surface area contributed by atoms with Crippen LogP contribution in [0.15, 0.2) is 55.1 Å². The molecule has 3 aromatic rings. The van der Waals surface area contributed by atoms with E-state index in [0.717, 1.165) is 31.0 Å². The van der Waals surface area contributed by atoms with Gasteiger partial charge in [0.1, 0.15) is 12.1 Å². The molecule has 6 nitrogen and oxygen atoms in total. The van der Waals surface area contributed by atoms with Crippen LogP contribution in [-0.4, -0.2) is 53.5 Å². The van der Waals surface area contributed by atoms with E-state index in [4.69, 9.17) is 0 Å². The van der Waals surface area contributed by atoms with Gasteiger partial charge in [0.2, 0.25) is 0 Å². The highest BCUT2D eigenvalue weighted by Gasteiger charge is 2.28. The SMILES string of the molecule is C=C(F)C(=O)N1CCN(c2ncnc3c2CCN(c2cccc4cccc(C)c24)C3)CC1. The van der Waals surface area contributed by atoms with Crippen molar-refractivity contribution in [3.63, 3.8) is 0 Å². The summed E-state index contributed by atoms with van der Waals surface area (Å²) in [6.45, 7) is 9.07. The number of hydrogen-bond acceptors (Lipinski definition) is 5. The fraction of sp³-hybridized carbons (Fsp3) is 0.320. The lowest BCUT2D eigenvalue weighted by molar-refractivity contribution is -0.128. The Morgan fingerprint density at radius 2 is 1.75 bits per heavy atom. The molecule has 1 fully saturated rings. The first-order valence-corrected chi connectivity index (χ1v) is 11.0. The number of piperazine rings is 1. The maximum absolute atomic E-state index is 13.2. The maximum atomic E-state index is 13.2. The molecule has 0 saturated carbocycles. The quantitative estimate of drug-likeness (QED) is 0.593. The van der Waals surface area contributed by atoms with Gasteiger partial charge in [-0.1, -0.05) is 36.9 Å². The topological polar surface area (TPSA) is 52.6 Å². The molecule has 0 bridgehead atoms. The van der Waals surface area contributed by atoms with Crippen LogP contribution in [0.3, 0.4) is 0 Å². The minimum absolute atomic E-state index is 0.460. The highest BCUT2D eigenvalue weighted by atomic mass is 19.1. The number of carbonyl (C=O) groups excluding carboxylic acids is 1. The Labute approximate surface area is 187 Å². The molecule has 0 aliphatic carbocycles. The second-order valence-electron chi connectivity index (χ2n) is 8.43. The predicted octanol–water partition coefficient (Wildman–Crippen LogP) is 3.63. The van der Waals surface area contributed by atoms with Crippen LogP contribution in [0.2, 0.25) is 0 Å². The number of aryl methyl sites for hydroxylation is 1. The molecule has 5 rings (SSSR count). The first-order chi connectivity index (χ1) is 15.5. The standard InChI is InChI=1S/C25H26FN5O/c1-17-5-3-6-19-7-4-8-22(23(17)19)31-10-9-20-21(15-31)27-16-28-24(20)29-11-13-30(14-12-29)25(32)18(2)26/h3-8,16H,2,9-15H2,1H3. The molecule has 0 unspecified atom stereocenters. The molecule has 32 heavy (non-hydrogen) atoms. The summed E-state index contributed by atoms with van der Waals surface area (Å²) in [6, 6.07) is 12.9. The lowest BCUT2D eigenvalue weighted by Crippen LogP contribution is -2.49. The van der Waals surface area contributed by atoms with E-state index < -0.39 is 11.7 Å². The number of carbonyl (C=O) groups is 1. The monoisotopic (exact) mass is 431 g/mol. The van der Waals surface area contributed by atoms with Crippen LogP contribution in [0.5, 0.6) is 0 Å². The second kappa shape index (κ2) is 8.22. The smallest absolute Gasteiger partial charge is 0.282 e. The van der Waals surface area contributed by atoms with Crippen molar-refractivity contribution in [3.05, 3.63) is 72.0 Å². The molecular formula is C25H26FN5O. The molecule has 1 saturated heterocycles. The minimum Gasteiger partial charge on any atom is -0.365 e. The Morgan fingerprint density at radius 1 is 1.00 bits per heavy atom. The van der Waals surface area contributed by atoms with Crippen molar-refractivity contribution in [2.75, 3.05) is 42.5 Å². The Morgan fingerprint density at radius 3 is 2.50 bits per heavy atom. The van der Waals surface area contributed by atoms with Crippen LogP contribution in [-0.2, 0) is 17.8 Å². The summed E-state index contributed by atoms with van der Waals surface area (Å²) in [7, 11) is 0. The Hall–Kier alpha value is -3.48. The van der Waals surface area contributed by atoms with Crippen molar-refractivity contribution < 1.29 is 9.18 Å². The normalized spacial score (nSPS) is 16.2. The van der Waals surface area contributed by atoms with Crippen molar-refractivity contribution in [1.29, 1.82) is 0 Å². The van der Waals surface area contributed by atoms with Gasteiger partial charge in [-0.05, 0) is 30.4 Å². The third-order valence-electron chi connectivity index (χ3n) is 6.51. The highest BCUT2D eigenvalue weighted by molar-refractivity contribution is 5.97. The molecule has 0 spiro atoms. The summed E-state index contributed by atoms with van der Waals surface area (Å²) in [5.41, 5.74) is 4.73. The van der Waals surface area contributed by atoms with Gasteiger partial charge < -0.3 is 14.7 Å². The van der Waals surface area contributed by atoms with E-state index >= 15 is 0 Å². The number of nitrogens with zero attached hydrogens (tertiary/aromatic N) is 5. The number of benzene rings is 2. The zero-order valence-corrected chi connectivity index (χ0v) is 18.2. The molecular weight excluding hydrogens is 405 g/mol. The van der Waals surface area contributed by atoms with Crippen LogP contribution >= 0.6 is 0 Å². The summed E-state index contributed by atoms with van der Waals surface area (Å²) < 4.78 is 13.2. The number of hydrogen-bond donors (Lipinski definition) is 0. The number of anilines is 2. The van der Waals surface area contributed by atoms with Gasteiger partial charge in [-0.2, -0.15) is 0 Å². The molecule has 3 heterocycles. The summed E-state index contributed by atoms with van der Waals surface area (Å²) in [5.74, 6) is -0.577. The van der Waals surface area contributed by atoms with E-state index in [1.807, 2.05) is 0 Å². The zero-order chi connectivity index (χ0) is 22.2. The second-order valence-corrected chi connectivity index (χ2v) is 8.43. The number of amides is 1. The highest BCUT2D eigenvalue weighted by Crippen LogP contribution is 2.34. The van der Waals surface area contributed by atoms with E-state index in [1.54, 1.807) is 6.33 Å². The lowest BCUT2D eigenvalue weighted by Gasteiger charge is -2.38. The molecule has 1 amide bonds. The molecule has 7 heteroatoms. The molecule has 164 valence electrons. The van der Waals surface area contributed by atoms with Gasteiger partial charge in [0.15, 0.2) is 5.83 Å². The molecule has 1 aromatic heterocycles. The number of rotatable bonds is 3. The molecule has 2 aliphatic heterocycles. The lowest BCUT2D eigenvalue weighted by atomic mass is 9.99. The summed E-state index contributed by atoms with van der Waals surface area (Å²) in [5, 5.41) is 2.54. The molecule has 2 aliphatic rings. The van der Waals surface area contributed by atoms with Crippen LogP contribution in [0.25, 0.3) is 10.8 Å². The van der Waals surface area contributed by atoms with Gasteiger partial charge in [0.25, 0.3) is 5.91 Å². The average Bonchev–Trinajstić information content (AvgIpc) is 2.83. The largest absolute Gasteiger partial charge is 0.365 e. The van der Waals surface area contributed by atoms with E-state index in [-0.39, 0.29) is 0 Å². The van der Waals surface area contributed by atoms with E-state index in [0.29, 0.717) is 26.2 Å². The summed E-state index contributed by atoms with van der Waals surface area (Å²) >= 11 is 0. The zero-order valence-electron chi connectivity index (χ0n) is 18.2. The number of halogens is 1. The molecule has 0 radical (unpaired) electrons. The summed E-state index contributed by atoms with van der Waals surface area (Å²) in [6.07, 6.45) is 2.49. The van der Waals surface area contributed by atoms with Crippen molar-refractivity contribution in [2.45, 2.75) is 19.9 Å². The Balaban J connectivity index is 1.39. The number of fused-ring (bicyclic) bond motifs is 2. The average molecular weight is 432 g/mol. The van der Waals surface area contributed by atoms with Crippen molar-refractivity contribution in [3.8, 4) is 0 Å². The first kappa shape index (κ1) is 20.4. The molecule has 2 aromatic carbocycles. The Kier molecular flexibility index (Phi) is 5.25. The van der Waals surface area contributed by atoms with Crippen LogP contribution < -0.4 is 9.80 Å². The van der Waals surface area contributed by atoms with Crippen LogP contribution in [0.4, 0.5) is 15.9 Å². The van der Waals surface area contributed by atoms with Crippen LogP contribution in [0, 0.1) is 6.92 Å². The van der Waals surface area contributed by atoms with Gasteiger partial charge in [-0.3, -0.25) is 4.79 Å². The van der Waals surface area contributed by atoms with E-state index in [1.165, 1.54) is 32.5 Å². The van der Waals surface area contributed by atoms with E-state index in [9.17, 15) is 9.18 Å².